The maximum absolute atomic E-state index is 12.7. The van der Waals surface area contributed by atoms with Crippen molar-refractivity contribution in [1.82, 2.24) is 10.6 Å². The van der Waals surface area contributed by atoms with Gasteiger partial charge in [0.2, 0.25) is 5.91 Å². The SMILES string of the molecule is CCC(CNC(=O)C1(COC)CCNCC1)Oc1ccccc1Cl.Cl. The second kappa shape index (κ2) is 10.9. The number of nitrogens with one attached hydrogen (secondary N) is 2. The monoisotopic (exact) mass is 390 g/mol. The molecular formula is C18H28Cl2N2O3. The Kier molecular flexibility index (Phi) is 9.57. The molecule has 25 heavy (non-hydrogen) atoms. The van der Waals surface area contributed by atoms with Gasteiger partial charge in [-0.25, -0.2) is 0 Å². The molecule has 0 aromatic heterocycles. The number of hydrogen-bond donors (Lipinski definition) is 2. The molecule has 0 spiro atoms. The number of carbonyl (C=O) groups excluding carboxylic acids is 1. The average Bonchev–Trinajstić information content (AvgIpc) is 2.61. The van der Waals surface area contributed by atoms with Crippen LogP contribution in [0.25, 0.3) is 0 Å². The third-order valence-corrected chi connectivity index (χ3v) is 4.85. The van der Waals surface area contributed by atoms with E-state index < -0.39 is 5.41 Å². The Morgan fingerprint density at radius 1 is 1.36 bits per heavy atom. The van der Waals surface area contributed by atoms with Crippen LogP contribution >= 0.6 is 24.0 Å². The number of benzene rings is 1. The first kappa shape index (κ1) is 22.0. The molecule has 1 aliphatic heterocycles. The van der Waals surface area contributed by atoms with Crippen LogP contribution in [0.15, 0.2) is 24.3 Å². The zero-order chi connectivity index (χ0) is 17.4. The van der Waals surface area contributed by atoms with Gasteiger partial charge in [0.25, 0.3) is 0 Å². The smallest absolute Gasteiger partial charge is 0.228 e. The van der Waals surface area contributed by atoms with E-state index in [0.29, 0.717) is 23.9 Å². The lowest BCUT2D eigenvalue weighted by Gasteiger charge is -2.36. The molecule has 0 bridgehead atoms. The summed E-state index contributed by atoms with van der Waals surface area (Å²) in [7, 11) is 1.65. The minimum absolute atomic E-state index is 0. The molecule has 1 amide bonds. The molecule has 1 aromatic carbocycles. The average molecular weight is 391 g/mol. The molecule has 1 unspecified atom stereocenters. The van der Waals surface area contributed by atoms with Gasteiger partial charge in [0.15, 0.2) is 0 Å². The van der Waals surface area contributed by atoms with Crippen molar-refractivity contribution in [3.8, 4) is 5.75 Å². The molecule has 2 rings (SSSR count). The largest absolute Gasteiger partial charge is 0.487 e. The molecular weight excluding hydrogens is 363 g/mol. The Bertz CT molecular complexity index is 531. The number of piperidine rings is 1. The van der Waals surface area contributed by atoms with E-state index in [1.807, 2.05) is 25.1 Å². The summed E-state index contributed by atoms with van der Waals surface area (Å²) in [5.41, 5.74) is -0.442. The molecule has 1 fully saturated rings. The molecule has 7 heteroatoms. The van der Waals surface area contributed by atoms with E-state index in [0.717, 1.165) is 32.4 Å². The van der Waals surface area contributed by atoms with E-state index in [2.05, 4.69) is 10.6 Å². The quantitative estimate of drug-likeness (QED) is 0.715. The maximum Gasteiger partial charge on any atom is 0.228 e. The summed E-state index contributed by atoms with van der Waals surface area (Å²) >= 11 is 6.14. The van der Waals surface area contributed by atoms with Crippen LogP contribution in [-0.2, 0) is 9.53 Å². The molecule has 5 nitrogen and oxygen atoms in total. The number of amides is 1. The molecule has 0 aliphatic carbocycles. The van der Waals surface area contributed by atoms with E-state index in [1.54, 1.807) is 13.2 Å². The topological polar surface area (TPSA) is 59.6 Å². The van der Waals surface area contributed by atoms with Crippen LogP contribution in [0, 0.1) is 5.41 Å². The molecule has 142 valence electrons. The highest BCUT2D eigenvalue weighted by atomic mass is 35.5. The van der Waals surface area contributed by atoms with Gasteiger partial charge in [0.1, 0.15) is 11.9 Å². The van der Waals surface area contributed by atoms with E-state index in [-0.39, 0.29) is 24.4 Å². The minimum Gasteiger partial charge on any atom is -0.487 e. The van der Waals surface area contributed by atoms with Crippen LogP contribution in [0.1, 0.15) is 26.2 Å². The molecule has 1 aliphatic rings. The van der Waals surface area contributed by atoms with Crippen LogP contribution in [0.3, 0.4) is 0 Å². The van der Waals surface area contributed by atoms with Crippen LogP contribution < -0.4 is 15.4 Å². The fraction of sp³-hybridized carbons (Fsp3) is 0.611. The highest BCUT2D eigenvalue weighted by Crippen LogP contribution is 2.29. The lowest BCUT2D eigenvalue weighted by atomic mass is 9.78. The molecule has 1 aromatic rings. The van der Waals surface area contributed by atoms with Gasteiger partial charge in [-0.15, -0.1) is 12.4 Å². The summed E-state index contributed by atoms with van der Waals surface area (Å²) in [4.78, 5) is 12.7. The van der Waals surface area contributed by atoms with Crippen molar-refractivity contribution in [2.75, 3.05) is 33.4 Å². The zero-order valence-corrected chi connectivity index (χ0v) is 16.4. The summed E-state index contributed by atoms with van der Waals surface area (Å²) in [6, 6.07) is 7.38. The Hall–Kier alpha value is -1.01. The number of rotatable bonds is 8. The van der Waals surface area contributed by atoms with E-state index in [9.17, 15) is 4.79 Å². The summed E-state index contributed by atoms with van der Waals surface area (Å²) in [6.07, 6.45) is 2.24. The number of methoxy groups -OCH3 is 1. The fourth-order valence-corrected chi connectivity index (χ4v) is 3.18. The van der Waals surface area contributed by atoms with Gasteiger partial charge in [0.05, 0.1) is 23.6 Å². The Balaban J connectivity index is 0.00000312. The van der Waals surface area contributed by atoms with Gasteiger partial charge in [-0.2, -0.15) is 0 Å². The van der Waals surface area contributed by atoms with Gasteiger partial charge < -0.3 is 20.1 Å². The predicted molar refractivity (Wildman–Crippen MR) is 103 cm³/mol. The summed E-state index contributed by atoms with van der Waals surface area (Å²) in [5, 5.41) is 6.93. The van der Waals surface area contributed by atoms with Gasteiger partial charge in [-0.3, -0.25) is 4.79 Å². The van der Waals surface area contributed by atoms with E-state index in [1.165, 1.54) is 0 Å². The Morgan fingerprint density at radius 2 is 2.04 bits per heavy atom. The van der Waals surface area contributed by atoms with E-state index >= 15 is 0 Å². The lowest BCUT2D eigenvalue weighted by molar-refractivity contribution is -0.136. The number of ether oxygens (including phenoxy) is 2. The van der Waals surface area contributed by atoms with E-state index in [4.69, 9.17) is 21.1 Å². The van der Waals surface area contributed by atoms with Gasteiger partial charge in [0, 0.05) is 7.11 Å². The molecule has 0 radical (unpaired) electrons. The molecule has 1 heterocycles. The molecule has 1 saturated heterocycles. The maximum atomic E-state index is 12.7. The van der Waals surface area contributed by atoms with Crippen LogP contribution in [0.2, 0.25) is 5.02 Å². The third-order valence-electron chi connectivity index (χ3n) is 4.54. The fourth-order valence-electron chi connectivity index (χ4n) is 3.00. The standard InChI is InChI=1S/C18H27ClN2O3.ClH/c1-3-14(24-16-7-5-4-6-15(16)19)12-21-17(22)18(13-23-2)8-10-20-11-9-18;/h4-7,14,20H,3,8-13H2,1-2H3,(H,21,22);1H. The van der Waals surface area contributed by atoms with Crippen molar-refractivity contribution in [2.24, 2.45) is 5.41 Å². The third kappa shape index (κ3) is 6.03. The number of carbonyl (C=O) groups is 1. The van der Waals surface area contributed by atoms with Crippen molar-refractivity contribution in [3.63, 3.8) is 0 Å². The van der Waals surface area contributed by atoms with Crippen molar-refractivity contribution in [2.45, 2.75) is 32.3 Å². The van der Waals surface area contributed by atoms with Crippen molar-refractivity contribution in [3.05, 3.63) is 29.3 Å². The summed E-state index contributed by atoms with van der Waals surface area (Å²) < 4.78 is 11.2. The van der Waals surface area contributed by atoms with Gasteiger partial charge in [-0.1, -0.05) is 30.7 Å². The van der Waals surface area contributed by atoms with Crippen molar-refractivity contribution in [1.29, 1.82) is 0 Å². The van der Waals surface area contributed by atoms with Crippen molar-refractivity contribution < 1.29 is 14.3 Å². The zero-order valence-electron chi connectivity index (χ0n) is 14.8. The van der Waals surface area contributed by atoms with Crippen LogP contribution in [-0.4, -0.2) is 45.4 Å². The lowest BCUT2D eigenvalue weighted by Crippen LogP contribution is -2.51. The molecule has 2 N–H and O–H groups in total. The van der Waals surface area contributed by atoms with Crippen molar-refractivity contribution >= 4 is 29.9 Å². The number of para-hydroxylation sites is 1. The van der Waals surface area contributed by atoms with Crippen LogP contribution in [0.5, 0.6) is 5.75 Å². The highest BCUT2D eigenvalue weighted by molar-refractivity contribution is 6.32. The Labute approximate surface area is 161 Å². The first-order valence-electron chi connectivity index (χ1n) is 8.50. The first-order chi connectivity index (χ1) is 11.6. The highest BCUT2D eigenvalue weighted by Gasteiger charge is 2.39. The van der Waals surface area contributed by atoms with Gasteiger partial charge in [-0.05, 0) is 44.5 Å². The second-order valence-corrected chi connectivity index (χ2v) is 6.66. The van der Waals surface area contributed by atoms with Gasteiger partial charge >= 0.3 is 0 Å². The first-order valence-corrected chi connectivity index (χ1v) is 8.88. The summed E-state index contributed by atoms with van der Waals surface area (Å²) in [6.45, 7) is 4.61. The molecule has 1 atom stereocenters. The minimum atomic E-state index is -0.442. The Morgan fingerprint density at radius 3 is 2.64 bits per heavy atom. The second-order valence-electron chi connectivity index (χ2n) is 6.25. The normalized spacial score (nSPS) is 17.2. The molecule has 0 saturated carbocycles. The number of hydrogen-bond acceptors (Lipinski definition) is 4. The predicted octanol–water partition coefficient (Wildman–Crippen LogP) is 3.05. The van der Waals surface area contributed by atoms with Crippen LogP contribution in [0.4, 0.5) is 0 Å². The summed E-state index contributed by atoms with van der Waals surface area (Å²) in [5.74, 6) is 0.695. The number of halogens is 2.